The van der Waals surface area contributed by atoms with Gasteiger partial charge in [0.2, 0.25) is 0 Å². The number of rotatable bonds is 2. The second kappa shape index (κ2) is 4.67. The lowest BCUT2D eigenvalue weighted by molar-refractivity contribution is 0.128. The number of aliphatic hydroxyl groups is 1. The summed E-state index contributed by atoms with van der Waals surface area (Å²) in [7, 11) is 0. The first-order valence-corrected chi connectivity index (χ1v) is 6.77. The summed E-state index contributed by atoms with van der Waals surface area (Å²) in [5, 5.41) is 15.2. The third-order valence-corrected chi connectivity index (χ3v) is 3.77. The lowest BCUT2D eigenvalue weighted by atomic mass is 9.92. The van der Waals surface area contributed by atoms with Crippen LogP contribution in [0.2, 0.25) is 0 Å². The summed E-state index contributed by atoms with van der Waals surface area (Å²) in [5.41, 5.74) is 1.03. The molecule has 0 spiro atoms. The monoisotopic (exact) mass is 250 g/mol. The van der Waals surface area contributed by atoms with Gasteiger partial charge < -0.3 is 5.11 Å². The minimum Gasteiger partial charge on any atom is -0.388 e. The summed E-state index contributed by atoms with van der Waals surface area (Å²) in [6.07, 6.45) is -0.412. The smallest absolute Gasteiger partial charge is 0.0818 e. The molecule has 1 atom stereocenters. The normalized spacial score (nSPS) is 13.3. The summed E-state index contributed by atoms with van der Waals surface area (Å²) >= 11 is 0. The van der Waals surface area contributed by atoms with Crippen molar-refractivity contribution in [2.45, 2.75) is 20.0 Å². The van der Waals surface area contributed by atoms with Gasteiger partial charge in [-0.2, -0.15) is 0 Å². The van der Waals surface area contributed by atoms with E-state index in [-0.39, 0.29) is 5.92 Å². The zero-order chi connectivity index (χ0) is 13.4. The fourth-order valence-electron chi connectivity index (χ4n) is 2.68. The van der Waals surface area contributed by atoms with Crippen LogP contribution in [0, 0.1) is 5.92 Å². The van der Waals surface area contributed by atoms with E-state index < -0.39 is 6.10 Å². The SMILES string of the molecule is CC(C)C(O)c1cccc2c1ccc1ccccc12. The van der Waals surface area contributed by atoms with Crippen LogP contribution in [-0.2, 0) is 0 Å². The zero-order valence-corrected chi connectivity index (χ0v) is 11.3. The number of fused-ring (bicyclic) bond motifs is 3. The van der Waals surface area contributed by atoms with Crippen LogP contribution in [0.3, 0.4) is 0 Å². The molecule has 19 heavy (non-hydrogen) atoms. The van der Waals surface area contributed by atoms with E-state index in [0.717, 1.165) is 10.9 Å². The molecule has 0 fully saturated rings. The maximum atomic E-state index is 10.4. The van der Waals surface area contributed by atoms with Gasteiger partial charge in [-0.1, -0.05) is 68.4 Å². The maximum Gasteiger partial charge on any atom is 0.0818 e. The highest BCUT2D eigenvalue weighted by Crippen LogP contribution is 2.32. The third-order valence-electron chi connectivity index (χ3n) is 3.77. The Bertz CT molecular complexity index is 728. The molecular weight excluding hydrogens is 232 g/mol. The number of hydrogen-bond acceptors (Lipinski definition) is 1. The molecule has 1 unspecified atom stereocenters. The summed E-state index contributed by atoms with van der Waals surface area (Å²) in [5.74, 6) is 0.220. The quantitative estimate of drug-likeness (QED) is 0.655. The van der Waals surface area contributed by atoms with Gasteiger partial charge >= 0.3 is 0 Å². The molecule has 0 aromatic heterocycles. The van der Waals surface area contributed by atoms with Crippen molar-refractivity contribution in [2.75, 3.05) is 0 Å². The van der Waals surface area contributed by atoms with Crippen LogP contribution in [0.4, 0.5) is 0 Å². The molecule has 0 radical (unpaired) electrons. The highest BCUT2D eigenvalue weighted by molar-refractivity contribution is 6.08. The van der Waals surface area contributed by atoms with Gasteiger partial charge in [0, 0.05) is 0 Å². The molecule has 1 nitrogen and oxygen atoms in total. The molecule has 3 rings (SSSR count). The molecule has 1 heteroatoms. The van der Waals surface area contributed by atoms with Gasteiger partial charge in [0.1, 0.15) is 0 Å². The molecule has 1 N–H and O–H groups in total. The predicted molar refractivity (Wildman–Crippen MR) is 81.3 cm³/mol. The van der Waals surface area contributed by atoms with Gasteiger partial charge in [-0.25, -0.2) is 0 Å². The Morgan fingerprint density at radius 3 is 2.26 bits per heavy atom. The van der Waals surface area contributed by atoms with Crippen LogP contribution in [0.15, 0.2) is 54.6 Å². The van der Waals surface area contributed by atoms with Crippen LogP contribution in [0.1, 0.15) is 25.5 Å². The van der Waals surface area contributed by atoms with Crippen LogP contribution >= 0.6 is 0 Å². The second-order valence-electron chi connectivity index (χ2n) is 5.42. The fourth-order valence-corrected chi connectivity index (χ4v) is 2.68. The van der Waals surface area contributed by atoms with Gasteiger partial charge in [-0.05, 0) is 33.0 Å². The average Bonchev–Trinajstić information content (AvgIpc) is 2.45. The van der Waals surface area contributed by atoms with Gasteiger partial charge in [-0.15, -0.1) is 0 Å². The molecule has 96 valence electrons. The van der Waals surface area contributed by atoms with E-state index in [1.807, 2.05) is 26.0 Å². The molecular formula is C18H18O. The Balaban J connectivity index is 2.35. The first-order valence-electron chi connectivity index (χ1n) is 6.77. The van der Waals surface area contributed by atoms with Crippen molar-refractivity contribution in [1.29, 1.82) is 0 Å². The van der Waals surface area contributed by atoms with Crippen molar-refractivity contribution in [3.8, 4) is 0 Å². The lowest BCUT2D eigenvalue weighted by Gasteiger charge is -2.17. The van der Waals surface area contributed by atoms with E-state index in [4.69, 9.17) is 0 Å². The minimum atomic E-state index is -0.412. The lowest BCUT2D eigenvalue weighted by Crippen LogP contribution is -2.05. The van der Waals surface area contributed by atoms with Crippen molar-refractivity contribution < 1.29 is 5.11 Å². The van der Waals surface area contributed by atoms with Crippen LogP contribution in [0.5, 0.6) is 0 Å². The summed E-state index contributed by atoms with van der Waals surface area (Å²) in [4.78, 5) is 0. The van der Waals surface area contributed by atoms with E-state index >= 15 is 0 Å². The summed E-state index contributed by atoms with van der Waals surface area (Å²) in [6, 6.07) is 18.8. The van der Waals surface area contributed by atoms with Crippen molar-refractivity contribution in [3.63, 3.8) is 0 Å². The third kappa shape index (κ3) is 2.00. The largest absolute Gasteiger partial charge is 0.388 e. The van der Waals surface area contributed by atoms with Crippen molar-refractivity contribution >= 4 is 21.5 Å². The standard InChI is InChI=1S/C18H18O/c1-12(2)18(19)17-9-5-8-15-14-7-4-3-6-13(14)10-11-16(15)17/h3-12,18-19H,1-2H3. The maximum absolute atomic E-state index is 10.4. The first-order chi connectivity index (χ1) is 9.18. The second-order valence-corrected chi connectivity index (χ2v) is 5.42. The van der Waals surface area contributed by atoms with Crippen molar-refractivity contribution in [1.82, 2.24) is 0 Å². The van der Waals surface area contributed by atoms with E-state index in [2.05, 4.69) is 42.5 Å². The van der Waals surface area contributed by atoms with Crippen LogP contribution < -0.4 is 0 Å². The molecule has 0 amide bonds. The molecule has 3 aromatic rings. The topological polar surface area (TPSA) is 20.2 Å². The van der Waals surface area contributed by atoms with Crippen LogP contribution in [0.25, 0.3) is 21.5 Å². The van der Waals surface area contributed by atoms with Crippen molar-refractivity contribution in [2.24, 2.45) is 5.92 Å². The van der Waals surface area contributed by atoms with Crippen LogP contribution in [-0.4, -0.2) is 5.11 Å². The van der Waals surface area contributed by atoms with E-state index in [1.54, 1.807) is 0 Å². The van der Waals surface area contributed by atoms with Gasteiger partial charge in [0.25, 0.3) is 0 Å². The minimum absolute atomic E-state index is 0.220. The molecule has 0 heterocycles. The average molecular weight is 250 g/mol. The molecule has 0 saturated carbocycles. The molecule has 0 aliphatic heterocycles. The number of aliphatic hydroxyl groups excluding tert-OH is 1. The molecule has 0 bridgehead atoms. The summed E-state index contributed by atoms with van der Waals surface area (Å²) < 4.78 is 0. The Morgan fingerprint density at radius 1 is 0.737 bits per heavy atom. The summed E-state index contributed by atoms with van der Waals surface area (Å²) in [6.45, 7) is 4.09. The van der Waals surface area contributed by atoms with E-state index in [0.29, 0.717) is 0 Å². The number of benzene rings is 3. The van der Waals surface area contributed by atoms with E-state index in [1.165, 1.54) is 16.2 Å². The van der Waals surface area contributed by atoms with Gasteiger partial charge in [0.05, 0.1) is 6.10 Å². The highest BCUT2D eigenvalue weighted by Gasteiger charge is 2.15. The van der Waals surface area contributed by atoms with E-state index in [9.17, 15) is 5.11 Å². The number of hydrogen-bond donors (Lipinski definition) is 1. The Kier molecular flexibility index (Phi) is 3.00. The molecule has 0 aliphatic carbocycles. The Hall–Kier alpha value is -1.86. The van der Waals surface area contributed by atoms with Crippen molar-refractivity contribution in [3.05, 3.63) is 60.2 Å². The Labute approximate surface area is 113 Å². The first kappa shape index (κ1) is 12.2. The Morgan fingerprint density at radius 2 is 1.47 bits per heavy atom. The van der Waals surface area contributed by atoms with Gasteiger partial charge in [-0.3, -0.25) is 0 Å². The van der Waals surface area contributed by atoms with Gasteiger partial charge in [0.15, 0.2) is 0 Å². The highest BCUT2D eigenvalue weighted by atomic mass is 16.3. The fraction of sp³-hybridized carbons (Fsp3) is 0.222. The zero-order valence-electron chi connectivity index (χ0n) is 11.3. The molecule has 3 aromatic carbocycles. The molecule has 0 aliphatic rings. The molecule has 0 saturated heterocycles. The predicted octanol–water partition coefficient (Wildman–Crippen LogP) is 4.68.